The Morgan fingerprint density at radius 2 is 2.00 bits per heavy atom. The largest absolute Gasteiger partial charge is 0.422 e. The van der Waals surface area contributed by atoms with Crippen LogP contribution in [0.4, 0.5) is 6.01 Å². The zero-order valence-corrected chi connectivity index (χ0v) is 10.5. The summed E-state index contributed by atoms with van der Waals surface area (Å²) in [5.41, 5.74) is 1.28. The number of anilines is 1. The Morgan fingerprint density at radius 3 is 2.78 bits per heavy atom. The fourth-order valence-corrected chi connectivity index (χ4v) is 3.02. The Hall–Kier alpha value is -1.33. The Balaban J connectivity index is 1.70. The van der Waals surface area contributed by atoms with Crippen LogP contribution < -0.4 is 10.2 Å². The molecule has 2 unspecified atom stereocenters. The van der Waals surface area contributed by atoms with Gasteiger partial charge >= 0.3 is 0 Å². The lowest BCUT2D eigenvalue weighted by atomic mass is 10.2. The first-order chi connectivity index (χ1) is 8.78. The van der Waals surface area contributed by atoms with Crippen molar-refractivity contribution >= 4 is 28.8 Å². The number of hydrogen-bond acceptors (Lipinski definition) is 5. The molecule has 2 aliphatic heterocycles. The monoisotopic (exact) mass is 264 g/mol. The van der Waals surface area contributed by atoms with Crippen LogP contribution in [0.15, 0.2) is 16.5 Å². The van der Waals surface area contributed by atoms with Crippen LogP contribution in [0.3, 0.4) is 0 Å². The highest BCUT2D eigenvalue weighted by Gasteiger charge is 2.34. The molecule has 0 spiro atoms. The van der Waals surface area contributed by atoms with Crippen molar-refractivity contribution in [3.63, 3.8) is 0 Å². The molecule has 0 radical (unpaired) electrons. The summed E-state index contributed by atoms with van der Waals surface area (Å²) in [6.07, 6.45) is 2.48. The molecule has 2 aliphatic rings. The summed E-state index contributed by atoms with van der Waals surface area (Å²) in [5, 5.41) is 4.03. The van der Waals surface area contributed by atoms with Gasteiger partial charge in [-0.25, -0.2) is 4.98 Å². The molecule has 1 N–H and O–H groups in total. The number of hydrogen-bond donors (Lipinski definition) is 1. The summed E-state index contributed by atoms with van der Waals surface area (Å²) in [6, 6.07) is 5.34. The minimum Gasteiger partial charge on any atom is -0.422 e. The highest BCUT2D eigenvalue weighted by atomic mass is 35.5. The molecular formula is C12H13ClN4O. The summed E-state index contributed by atoms with van der Waals surface area (Å²) in [6.45, 7) is 1.91. The average molecular weight is 265 g/mol. The smallest absolute Gasteiger partial charge is 0.300 e. The number of aromatic nitrogens is 2. The number of rotatable bonds is 1. The minimum atomic E-state index is 0.447. The Labute approximate surface area is 109 Å². The molecule has 0 saturated carbocycles. The van der Waals surface area contributed by atoms with E-state index in [4.69, 9.17) is 16.0 Å². The lowest BCUT2D eigenvalue weighted by Crippen LogP contribution is -2.51. The number of nitrogens with zero attached hydrogens (tertiary/aromatic N) is 3. The summed E-state index contributed by atoms with van der Waals surface area (Å²) in [5.74, 6) is 0. The van der Waals surface area contributed by atoms with Crippen LogP contribution in [-0.2, 0) is 0 Å². The SMILES string of the molecule is Clc1ccc2oc(N3CC4CCC(C3)N4)nc2n1. The Bertz CT molecular complexity index is 587. The van der Waals surface area contributed by atoms with Gasteiger partial charge in [-0.05, 0) is 25.0 Å². The fraction of sp³-hybridized carbons (Fsp3) is 0.500. The van der Waals surface area contributed by atoms with E-state index in [1.165, 1.54) is 12.8 Å². The summed E-state index contributed by atoms with van der Waals surface area (Å²) in [7, 11) is 0. The summed E-state index contributed by atoms with van der Waals surface area (Å²) < 4.78 is 5.75. The van der Waals surface area contributed by atoms with Gasteiger partial charge in [0.25, 0.3) is 6.01 Å². The Kier molecular flexibility index (Phi) is 2.25. The predicted molar refractivity (Wildman–Crippen MR) is 69.0 cm³/mol. The second-order valence-electron chi connectivity index (χ2n) is 5.00. The third-order valence-corrected chi connectivity index (χ3v) is 3.91. The van der Waals surface area contributed by atoms with E-state index in [9.17, 15) is 0 Å². The molecule has 2 saturated heterocycles. The maximum absolute atomic E-state index is 5.85. The van der Waals surface area contributed by atoms with Gasteiger partial charge in [-0.15, -0.1) is 0 Å². The lowest BCUT2D eigenvalue weighted by Gasteiger charge is -2.31. The van der Waals surface area contributed by atoms with Crippen LogP contribution in [0.2, 0.25) is 5.15 Å². The van der Waals surface area contributed by atoms with Crippen LogP contribution in [0.5, 0.6) is 0 Å². The number of pyridine rings is 1. The quantitative estimate of drug-likeness (QED) is 0.797. The van der Waals surface area contributed by atoms with Gasteiger partial charge in [-0.1, -0.05) is 11.6 Å². The predicted octanol–water partition coefficient (Wildman–Crippen LogP) is 1.82. The highest BCUT2D eigenvalue weighted by molar-refractivity contribution is 6.29. The molecule has 2 bridgehead atoms. The second kappa shape index (κ2) is 3.83. The van der Waals surface area contributed by atoms with E-state index < -0.39 is 0 Å². The van der Waals surface area contributed by atoms with Gasteiger partial charge in [-0.3, -0.25) is 0 Å². The maximum Gasteiger partial charge on any atom is 0.300 e. The van der Waals surface area contributed by atoms with Gasteiger partial charge in [0, 0.05) is 25.2 Å². The molecule has 18 heavy (non-hydrogen) atoms. The molecule has 94 valence electrons. The van der Waals surface area contributed by atoms with Gasteiger partial charge in [0.05, 0.1) is 0 Å². The first-order valence-electron chi connectivity index (χ1n) is 6.22. The number of halogens is 1. The molecule has 4 rings (SSSR count). The van der Waals surface area contributed by atoms with Gasteiger partial charge in [0.1, 0.15) is 5.15 Å². The lowest BCUT2D eigenvalue weighted by molar-refractivity contribution is 0.437. The number of oxazole rings is 1. The number of nitrogens with one attached hydrogen (secondary N) is 1. The number of piperazine rings is 1. The van der Waals surface area contributed by atoms with Crippen LogP contribution in [0.1, 0.15) is 12.8 Å². The topological polar surface area (TPSA) is 54.2 Å². The van der Waals surface area contributed by atoms with Crippen LogP contribution >= 0.6 is 11.6 Å². The summed E-state index contributed by atoms with van der Waals surface area (Å²) in [4.78, 5) is 10.8. The third kappa shape index (κ3) is 1.66. The fourth-order valence-electron chi connectivity index (χ4n) is 2.87. The zero-order chi connectivity index (χ0) is 12.1. The van der Waals surface area contributed by atoms with Crippen LogP contribution in [0, 0.1) is 0 Å². The normalized spacial score (nSPS) is 27.1. The van der Waals surface area contributed by atoms with Crippen molar-refractivity contribution < 1.29 is 4.42 Å². The van der Waals surface area contributed by atoms with E-state index in [1.807, 2.05) is 6.07 Å². The molecule has 2 atom stereocenters. The van der Waals surface area contributed by atoms with Crippen molar-refractivity contribution in [3.8, 4) is 0 Å². The molecule has 0 aromatic carbocycles. The first-order valence-corrected chi connectivity index (χ1v) is 6.60. The van der Waals surface area contributed by atoms with Gasteiger partial charge in [-0.2, -0.15) is 4.98 Å². The van der Waals surface area contributed by atoms with E-state index in [0.717, 1.165) is 13.1 Å². The van der Waals surface area contributed by atoms with Crippen molar-refractivity contribution in [1.29, 1.82) is 0 Å². The van der Waals surface area contributed by atoms with Crippen molar-refractivity contribution in [2.45, 2.75) is 24.9 Å². The molecule has 6 heteroatoms. The Morgan fingerprint density at radius 1 is 1.22 bits per heavy atom. The molecule has 2 fully saturated rings. The van der Waals surface area contributed by atoms with E-state index in [0.29, 0.717) is 34.5 Å². The van der Waals surface area contributed by atoms with E-state index in [1.54, 1.807) is 6.07 Å². The molecule has 0 aliphatic carbocycles. The highest BCUT2D eigenvalue weighted by Crippen LogP contribution is 2.27. The summed E-state index contributed by atoms with van der Waals surface area (Å²) >= 11 is 5.85. The molecule has 4 heterocycles. The van der Waals surface area contributed by atoms with Gasteiger partial charge in [0.2, 0.25) is 5.65 Å². The second-order valence-corrected chi connectivity index (χ2v) is 5.38. The van der Waals surface area contributed by atoms with Crippen LogP contribution in [0.25, 0.3) is 11.2 Å². The first kappa shape index (κ1) is 10.6. The average Bonchev–Trinajstić information content (AvgIpc) is 2.92. The molecule has 5 nitrogen and oxygen atoms in total. The van der Waals surface area contributed by atoms with Gasteiger partial charge in [0.15, 0.2) is 5.58 Å². The van der Waals surface area contributed by atoms with Crippen molar-refractivity contribution in [1.82, 2.24) is 15.3 Å². The number of fused-ring (bicyclic) bond motifs is 3. The van der Waals surface area contributed by atoms with Crippen molar-refractivity contribution in [3.05, 3.63) is 17.3 Å². The van der Waals surface area contributed by atoms with E-state index in [2.05, 4.69) is 20.2 Å². The van der Waals surface area contributed by atoms with Gasteiger partial charge < -0.3 is 14.6 Å². The molecule has 2 aromatic heterocycles. The minimum absolute atomic E-state index is 0.447. The van der Waals surface area contributed by atoms with Crippen molar-refractivity contribution in [2.24, 2.45) is 0 Å². The van der Waals surface area contributed by atoms with Crippen LogP contribution in [-0.4, -0.2) is 35.1 Å². The van der Waals surface area contributed by atoms with Crippen molar-refractivity contribution in [2.75, 3.05) is 18.0 Å². The molecule has 0 amide bonds. The van der Waals surface area contributed by atoms with E-state index >= 15 is 0 Å². The zero-order valence-electron chi connectivity index (χ0n) is 9.77. The molecule has 2 aromatic rings. The maximum atomic E-state index is 5.85. The van der Waals surface area contributed by atoms with E-state index in [-0.39, 0.29) is 0 Å². The third-order valence-electron chi connectivity index (χ3n) is 3.70. The molecular weight excluding hydrogens is 252 g/mol. The standard InChI is InChI=1S/C12H13ClN4O/c13-10-4-3-9-11(15-10)16-12(18-9)17-5-7-1-2-8(6-17)14-7/h3-4,7-8,14H,1-2,5-6H2.